The van der Waals surface area contributed by atoms with Gasteiger partial charge in [0.1, 0.15) is 5.60 Å². The number of hydrogen-bond acceptors (Lipinski definition) is 3. The van der Waals surface area contributed by atoms with E-state index >= 15 is 0 Å². The van der Waals surface area contributed by atoms with Gasteiger partial charge in [-0.15, -0.1) is 0 Å². The van der Waals surface area contributed by atoms with E-state index in [9.17, 15) is 4.79 Å². The van der Waals surface area contributed by atoms with Gasteiger partial charge in [0.25, 0.3) is 0 Å². The van der Waals surface area contributed by atoms with E-state index in [1.165, 1.54) is 0 Å². The van der Waals surface area contributed by atoms with Gasteiger partial charge in [0.15, 0.2) is 0 Å². The zero-order valence-electron chi connectivity index (χ0n) is 10.8. The lowest BCUT2D eigenvalue weighted by molar-refractivity contribution is -0.162. The molecule has 0 aromatic rings. The number of fused-ring (bicyclic) bond motifs is 2. The third-order valence-electron chi connectivity index (χ3n) is 3.86. The first-order valence-corrected chi connectivity index (χ1v) is 6.18. The zero-order chi connectivity index (χ0) is 12.1. The topological polar surface area (TPSA) is 35.5 Å². The van der Waals surface area contributed by atoms with Crippen LogP contribution >= 0.6 is 0 Å². The van der Waals surface area contributed by atoms with Crippen molar-refractivity contribution in [2.24, 2.45) is 17.8 Å². The Hall–Kier alpha value is -0.570. The van der Waals surface area contributed by atoms with Crippen LogP contribution in [-0.4, -0.2) is 23.8 Å². The fraction of sp³-hybridized carbons (Fsp3) is 0.923. The van der Waals surface area contributed by atoms with E-state index in [2.05, 4.69) is 13.8 Å². The van der Waals surface area contributed by atoms with Crippen LogP contribution in [0.1, 0.15) is 41.0 Å². The molecule has 0 aromatic carbocycles. The highest BCUT2D eigenvalue weighted by molar-refractivity contribution is 5.74. The van der Waals surface area contributed by atoms with Crippen molar-refractivity contribution in [1.29, 1.82) is 0 Å². The maximum absolute atomic E-state index is 12.0. The summed E-state index contributed by atoms with van der Waals surface area (Å²) in [7, 11) is 0. The number of carbonyl (C=O) groups excluding carboxylic acids is 1. The van der Waals surface area contributed by atoms with Crippen LogP contribution in [-0.2, 0) is 14.3 Å². The summed E-state index contributed by atoms with van der Waals surface area (Å²) in [5.41, 5.74) is -0.395. The van der Waals surface area contributed by atoms with Crippen molar-refractivity contribution in [3.8, 4) is 0 Å². The molecule has 5 atom stereocenters. The average Bonchev–Trinajstić information content (AvgIpc) is 2.65. The smallest absolute Gasteiger partial charge is 0.312 e. The first-order chi connectivity index (χ1) is 7.29. The molecule has 3 nitrogen and oxygen atoms in total. The van der Waals surface area contributed by atoms with Crippen molar-refractivity contribution in [3.05, 3.63) is 0 Å². The van der Waals surface area contributed by atoms with Gasteiger partial charge in [-0.3, -0.25) is 4.79 Å². The van der Waals surface area contributed by atoms with Gasteiger partial charge in [-0.1, -0.05) is 13.8 Å². The van der Waals surface area contributed by atoms with E-state index in [1.807, 2.05) is 20.8 Å². The second-order valence-corrected chi connectivity index (χ2v) is 6.23. The van der Waals surface area contributed by atoms with E-state index in [1.54, 1.807) is 0 Å². The highest BCUT2D eigenvalue weighted by Crippen LogP contribution is 2.46. The van der Waals surface area contributed by atoms with Crippen LogP contribution in [0.2, 0.25) is 0 Å². The first kappa shape index (κ1) is 11.9. The number of carbonyl (C=O) groups is 1. The molecule has 2 aliphatic heterocycles. The highest BCUT2D eigenvalue weighted by atomic mass is 16.6. The lowest BCUT2D eigenvalue weighted by Gasteiger charge is -2.29. The molecule has 0 spiro atoms. The largest absolute Gasteiger partial charge is 0.460 e. The maximum Gasteiger partial charge on any atom is 0.312 e. The molecule has 0 N–H and O–H groups in total. The first-order valence-electron chi connectivity index (χ1n) is 6.18. The number of rotatable bonds is 1. The second-order valence-electron chi connectivity index (χ2n) is 6.23. The number of hydrogen-bond donors (Lipinski definition) is 0. The van der Waals surface area contributed by atoms with Gasteiger partial charge < -0.3 is 9.47 Å². The molecule has 0 aliphatic carbocycles. The molecular weight excluding hydrogens is 204 g/mol. The molecule has 92 valence electrons. The van der Waals surface area contributed by atoms with Crippen molar-refractivity contribution in [2.75, 3.05) is 0 Å². The highest BCUT2D eigenvalue weighted by Gasteiger charge is 2.53. The molecule has 5 unspecified atom stereocenters. The molecule has 2 saturated heterocycles. The minimum absolute atomic E-state index is 0.0459. The van der Waals surface area contributed by atoms with E-state index in [4.69, 9.17) is 9.47 Å². The van der Waals surface area contributed by atoms with Crippen LogP contribution in [0.15, 0.2) is 0 Å². The Bertz CT molecular complexity index is 290. The monoisotopic (exact) mass is 226 g/mol. The molecule has 0 radical (unpaired) electrons. The Morgan fingerprint density at radius 3 is 2.31 bits per heavy atom. The zero-order valence-corrected chi connectivity index (χ0v) is 10.8. The predicted octanol–water partition coefficient (Wildman–Crippen LogP) is 2.39. The molecule has 2 fully saturated rings. The number of ether oxygens (including phenoxy) is 2. The van der Waals surface area contributed by atoms with Gasteiger partial charge in [0.2, 0.25) is 0 Å². The van der Waals surface area contributed by atoms with Crippen LogP contribution < -0.4 is 0 Å². The van der Waals surface area contributed by atoms with Crippen LogP contribution in [0.25, 0.3) is 0 Å². The maximum atomic E-state index is 12.0. The fourth-order valence-electron chi connectivity index (χ4n) is 2.81. The average molecular weight is 226 g/mol. The van der Waals surface area contributed by atoms with Gasteiger partial charge in [-0.2, -0.15) is 0 Å². The molecule has 3 heteroatoms. The van der Waals surface area contributed by atoms with Gasteiger partial charge in [0, 0.05) is 0 Å². The van der Waals surface area contributed by atoms with Crippen LogP contribution in [0.3, 0.4) is 0 Å². The standard InChI is InChI=1S/C13H22O3/c1-7-8(2)11-9(6-10(7)15-11)12(14)16-13(3,4)5/h7-11H,6H2,1-5H3. The lowest BCUT2D eigenvalue weighted by Crippen LogP contribution is -2.38. The summed E-state index contributed by atoms with van der Waals surface area (Å²) in [6.07, 6.45) is 1.18. The fourth-order valence-corrected chi connectivity index (χ4v) is 2.81. The Morgan fingerprint density at radius 2 is 1.88 bits per heavy atom. The molecule has 0 saturated carbocycles. The van der Waals surface area contributed by atoms with Crippen LogP contribution in [0.4, 0.5) is 0 Å². The van der Waals surface area contributed by atoms with E-state index < -0.39 is 5.60 Å². The van der Waals surface area contributed by atoms with Crippen molar-refractivity contribution in [3.63, 3.8) is 0 Å². The third-order valence-corrected chi connectivity index (χ3v) is 3.86. The van der Waals surface area contributed by atoms with Gasteiger partial charge >= 0.3 is 5.97 Å². The van der Waals surface area contributed by atoms with Crippen molar-refractivity contribution < 1.29 is 14.3 Å². The lowest BCUT2D eigenvalue weighted by atomic mass is 9.76. The molecule has 16 heavy (non-hydrogen) atoms. The van der Waals surface area contributed by atoms with Crippen molar-refractivity contribution in [1.82, 2.24) is 0 Å². The minimum atomic E-state index is -0.395. The quantitative estimate of drug-likeness (QED) is 0.644. The van der Waals surface area contributed by atoms with E-state index in [0.29, 0.717) is 11.8 Å². The molecule has 2 bridgehead atoms. The molecule has 2 rings (SSSR count). The summed E-state index contributed by atoms with van der Waals surface area (Å²) in [4.78, 5) is 12.0. The Labute approximate surface area is 97.5 Å². The molecular formula is C13H22O3. The van der Waals surface area contributed by atoms with Gasteiger partial charge in [-0.05, 0) is 39.0 Å². The van der Waals surface area contributed by atoms with Crippen LogP contribution in [0.5, 0.6) is 0 Å². The molecule has 0 aromatic heterocycles. The summed E-state index contributed by atoms with van der Waals surface area (Å²) in [6, 6.07) is 0. The van der Waals surface area contributed by atoms with Crippen molar-refractivity contribution >= 4 is 5.97 Å². The summed E-state index contributed by atoms with van der Waals surface area (Å²) < 4.78 is 11.3. The third kappa shape index (κ3) is 1.97. The molecule has 2 aliphatic rings. The number of esters is 1. The van der Waals surface area contributed by atoms with Crippen molar-refractivity contribution in [2.45, 2.75) is 58.8 Å². The van der Waals surface area contributed by atoms with E-state index in [0.717, 1.165) is 6.42 Å². The van der Waals surface area contributed by atoms with Gasteiger partial charge in [-0.25, -0.2) is 0 Å². The summed E-state index contributed by atoms with van der Waals surface area (Å²) in [5, 5.41) is 0. The minimum Gasteiger partial charge on any atom is -0.460 e. The Balaban J connectivity index is 2.01. The van der Waals surface area contributed by atoms with E-state index in [-0.39, 0.29) is 24.1 Å². The molecule has 2 heterocycles. The Kier molecular flexibility index (Phi) is 2.77. The summed E-state index contributed by atoms with van der Waals surface area (Å²) >= 11 is 0. The normalized spacial score (nSPS) is 42.4. The molecule has 0 amide bonds. The van der Waals surface area contributed by atoms with Gasteiger partial charge in [0.05, 0.1) is 18.1 Å². The predicted molar refractivity (Wildman–Crippen MR) is 60.9 cm³/mol. The second kappa shape index (κ2) is 3.73. The Morgan fingerprint density at radius 1 is 1.25 bits per heavy atom. The summed E-state index contributed by atoms with van der Waals surface area (Å²) in [5.74, 6) is 0.911. The van der Waals surface area contributed by atoms with Crippen LogP contribution in [0, 0.1) is 17.8 Å². The SMILES string of the molecule is CC1C2CC(C(=O)OC(C)(C)C)C(O2)C1C. The summed E-state index contributed by atoms with van der Waals surface area (Å²) in [6.45, 7) is 10.1.